The van der Waals surface area contributed by atoms with Crippen LogP contribution >= 0.6 is 11.3 Å². The molecule has 0 aromatic carbocycles. The van der Waals surface area contributed by atoms with Crippen LogP contribution in [-0.4, -0.2) is 89.7 Å². The van der Waals surface area contributed by atoms with Crippen molar-refractivity contribution in [3.63, 3.8) is 0 Å². The van der Waals surface area contributed by atoms with E-state index in [1.807, 2.05) is 11.4 Å². The van der Waals surface area contributed by atoms with E-state index in [-0.39, 0.29) is 25.5 Å². The number of carbonyl (C=O) groups excluding carboxylic acids is 4. The maximum absolute atomic E-state index is 14.7. The molecule has 4 fully saturated rings. The zero-order valence-electron chi connectivity index (χ0n) is 29.3. The normalized spacial score (nSPS) is 27.0. The van der Waals surface area contributed by atoms with Crippen molar-refractivity contribution < 1.29 is 37.1 Å². The van der Waals surface area contributed by atoms with Crippen molar-refractivity contribution in [2.75, 3.05) is 13.7 Å². The van der Waals surface area contributed by atoms with Crippen LogP contribution in [0.2, 0.25) is 0 Å². The minimum atomic E-state index is -3.90. The van der Waals surface area contributed by atoms with E-state index >= 15 is 0 Å². The number of likely N-dealkylation sites (tertiary alicyclic amines) is 1. The summed E-state index contributed by atoms with van der Waals surface area (Å²) < 4.78 is 39.4. The summed E-state index contributed by atoms with van der Waals surface area (Å²) in [4.78, 5) is 66.0. The minimum absolute atomic E-state index is 0.0143. The van der Waals surface area contributed by atoms with Crippen molar-refractivity contribution in [3.05, 3.63) is 48.1 Å². The first-order valence-corrected chi connectivity index (χ1v) is 19.7. The fraction of sp³-hybridized carbons (Fsp3) is 0.600. The van der Waals surface area contributed by atoms with Crippen LogP contribution in [0.25, 0.3) is 10.7 Å². The number of methoxy groups -OCH3 is 1. The van der Waals surface area contributed by atoms with Gasteiger partial charge in [0.15, 0.2) is 0 Å². The molecular weight excluding hydrogens is 697 g/mol. The van der Waals surface area contributed by atoms with E-state index in [0.29, 0.717) is 24.1 Å². The molecule has 4 aliphatic rings. The quantitative estimate of drug-likeness (QED) is 0.272. The van der Waals surface area contributed by atoms with Crippen molar-refractivity contribution in [3.8, 4) is 10.7 Å². The number of rotatable bonds is 12. The smallest absolute Gasteiger partial charge is 0.408 e. The highest BCUT2D eigenvalue weighted by molar-refractivity contribution is 7.91. The lowest BCUT2D eigenvalue weighted by molar-refractivity contribution is -0.143. The number of carbonyl (C=O) groups is 4. The molecule has 2 aromatic heterocycles. The third-order valence-corrected chi connectivity index (χ3v) is 13.1. The third kappa shape index (κ3) is 7.54. The summed E-state index contributed by atoms with van der Waals surface area (Å²) in [6.45, 7) is 9.12. The summed E-state index contributed by atoms with van der Waals surface area (Å²) in [6.07, 6.45) is 8.36. The molecule has 0 radical (unpaired) electrons. The molecule has 3 saturated carbocycles. The van der Waals surface area contributed by atoms with Crippen molar-refractivity contribution >= 4 is 45.2 Å². The molecule has 2 aromatic rings. The van der Waals surface area contributed by atoms with Crippen molar-refractivity contribution in [2.24, 2.45) is 11.3 Å². The maximum atomic E-state index is 14.7. The first kappa shape index (κ1) is 36.9. The zero-order valence-corrected chi connectivity index (χ0v) is 31.0. The second-order valence-electron chi connectivity index (χ2n) is 15.1. The Morgan fingerprint density at radius 1 is 1.10 bits per heavy atom. The van der Waals surface area contributed by atoms with Crippen molar-refractivity contribution in [2.45, 2.75) is 107 Å². The second-order valence-corrected chi connectivity index (χ2v) is 17.9. The number of hydrogen-bond donors (Lipinski definition) is 3. The Bertz CT molecular complexity index is 1770. The van der Waals surface area contributed by atoms with E-state index in [1.165, 1.54) is 29.4 Å². The molecule has 0 unspecified atom stereocenters. The average molecular weight is 743 g/mol. The van der Waals surface area contributed by atoms with Gasteiger partial charge in [-0.25, -0.2) is 18.2 Å². The van der Waals surface area contributed by atoms with Crippen LogP contribution in [0.15, 0.2) is 42.6 Å². The minimum Gasteiger partial charge on any atom is -0.446 e. The average Bonchev–Trinajstić information content (AvgIpc) is 3.84. The molecule has 276 valence electrons. The number of hydrogen-bond acceptors (Lipinski definition) is 11. The van der Waals surface area contributed by atoms with Crippen LogP contribution in [0.4, 0.5) is 4.79 Å². The highest BCUT2D eigenvalue weighted by atomic mass is 32.2. The molecule has 4 amide bonds. The Morgan fingerprint density at radius 2 is 1.82 bits per heavy atom. The highest BCUT2D eigenvalue weighted by Gasteiger charge is 2.62. The molecule has 6 rings (SSSR count). The summed E-state index contributed by atoms with van der Waals surface area (Å²) >= 11 is 1.44. The topological polar surface area (TPSA) is 186 Å². The molecule has 5 atom stereocenters. The summed E-state index contributed by atoms with van der Waals surface area (Å²) in [6, 6.07) is 1.35. The van der Waals surface area contributed by atoms with Crippen LogP contribution in [0.3, 0.4) is 0 Å². The Hall–Kier alpha value is -3.89. The van der Waals surface area contributed by atoms with Crippen LogP contribution in [0.1, 0.15) is 77.7 Å². The lowest BCUT2D eigenvalue weighted by Gasteiger charge is -2.36. The van der Waals surface area contributed by atoms with Gasteiger partial charge in [-0.3, -0.25) is 24.1 Å². The third-order valence-electron chi connectivity index (χ3n) is 10.4. The van der Waals surface area contributed by atoms with Gasteiger partial charge in [-0.1, -0.05) is 32.9 Å². The fourth-order valence-electron chi connectivity index (χ4n) is 7.10. The molecular formula is C35H46N6O8S2. The van der Waals surface area contributed by atoms with Crippen LogP contribution in [-0.2, 0) is 39.5 Å². The van der Waals surface area contributed by atoms with Crippen molar-refractivity contribution in [1.82, 2.24) is 30.2 Å². The summed E-state index contributed by atoms with van der Waals surface area (Å²) in [5.41, 5.74) is -2.30. The summed E-state index contributed by atoms with van der Waals surface area (Å²) in [7, 11) is -2.41. The monoisotopic (exact) mass is 742 g/mol. The van der Waals surface area contributed by atoms with Gasteiger partial charge in [0.2, 0.25) is 21.8 Å². The fourth-order valence-corrected chi connectivity index (χ4v) is 9.07. The predicted molar refractivity (Wildman–Crippen MR) is 189 cm³/mol. The molecule has 16 heteroatoms. The molecule has 1 saturated heterocycles. The van der Waals surface area contributed by atoms with Crippen molar-refractivity contribution in [1.29, 1.82) is 0 Å². The van der Waals surface area contributed by atoms with E-state index in [0.717, 1.165) is 30.7 Å². The van der Waals surface area contributed by atoms with Gasteiger partial charge >= 0.3 is 6.09 Å². The zero-order chi connectivity index (χ0) is 36.8. The van der Waals surface area contributed by atoms with Crippen LogP contribution in [0, 0.1) is 11.3 Å². The van der Waals surface area contributed by atoms with E-state index in [4.69, 9.17) is 9.47 Å². The van der Waals surface area contributed by atoms with E-state index in [9.17, 15) is 27.6 Å². The largest absolute Gasteiger partial charge is 0.446 e. The lowest BCUT2D eigenvalue weighted by atomic mass is 9.85. The van der Waals surface area contributed by atoms with Gasteiger partial charge in [0, 0.05) is 42.8 Å². The van der Waals surface area contributed by atoms with E-state index in [2.05, 4.69) is 31.9 Å². The SMILES string of the molecule is C=C[C@@H]1C[C@]1(NC(=O)[C@@H]1C[C@@](OC)(c2ccc(-c3nccs3)nc2)CN1C(=O)[C@@H](NC(=O)OC1CCCC1)C(C)(C)C)C(=O)NS(=O)(=O)C1CC1. The Labute approximate surface area is 302 Å². The van der Waals surface area contributed by atoms with Gasteiger partial charge in [0.1, 0.15) is 34.3 Å². The molecule has 3 heterocycles. The summed E-state index contributed by atoms with van der Waals surface area (Å²) in [5.74, 6) is -2.57. The van der Waals surface area contributed by atoms with Gasteiger partial charge in [-0.2, -0.15) is 0 Å². The van der Waals surface area contributed by atoms with Gasteiger partial charge in [0.05, 0.1) is 17.5 Å². The standard InChI is InChI=1S/C35H46N6O8S2/c1-6-21-17-35(21,31(44)40-51(46,47)24-12-13-24)39-28(42)26-18-34(48-5,22-11-14-25(37-19-22)29-36-15-16-50-29)20-41(26)30(43)27(33(2,3)4)38-32(45)49-23-9-7-8-10-23/h6,11,14-16,19,21,23-24,26-27H,1,7-10,12-13,17-18,20H2,2-5H3,(H,38,45)(H,39,42)(H,40,44)/t21-,26+,27-,34+,35-/m1/s1. The van der Waals surface area contributed by atoms with Gasteiger partial charge in [-0.15, -0.1) is 17.9 Å². The number of ether oxygens (including phenoxy) is 2. The number of amides is 4. The predicted octanol–water partition coefficient (Wildman–Crippen LogP) is 3.40. The van der Waals surface area contributed by atoms with Gasteiger partial charge in [0.25, 0.3) is 5.91 Å². The molecule has 3 aliphatic carbocycles. The Kier molecular flexibility index (Phi) is 10.1. The van der Waals surface area contributed by atoms with E-state index < -0.39 is 73.6 Å². The number of nitrogens with zero attached hydrogens (tertiary/aromatic N) is 3. The van der Waals surface area contributed by atoms with Crippen LogP contribution in [0.5, 0.6) is 0 Å². The summed E-state index contributed by atoms with van der Waals surface area (Å²) in [5, 5.41) is 7.53. The molecule has 1 aliphatic heterocycles. The second kappa shape index (κ2) is 13.9. The van der Waals surface area contributed by atoms with Gasteiger partial charge < -0.3 is 25.0 Å². The molecule has 51 heavy (non-hydrogen) atoms. The maximum Gasteiger partial charge on any atom is 0.408 e. The molecule has 3 N–H and O–H groups in total. The lowest BCUT2D eigenvalue weighted by Crippen LogP contribution is -2.60. The number of alkyl carbamates (subject to hydrolysis) is 1. The molecule has 0 bridgehead atoms. The highest BCUT2D eigenvalue weighted by Crippen LogP contribution is 2.47. The molecule has 14 nitrogen and oxygen atoms in total. The number of nitrogens with one attached hydrogen (secondary N) is 3. The Balaban J connectivity index is 1.31. The Morgan fingerprint density at radius 3 is 2.37 bits per heavy atom. The number of thiazole rings is 1. The first-order valence-electron chi connectivity index (χ1n) is 17.3. The number of pyridine rings is 1. The van der Waals surface area contributed by atoms with Crippen LogP contribution < -0.4 is 15.4 Å². The van der Waals surface area contributed by atoms with Gasteiger partial charge in [-0.05, 0) is 56.4 Å². The van der Waals surface area contributed by atoms with E-state index in [1.54, 1.807) is 39.2 Å². The molecule has 0 spiro atoms. The number of aromatic nitrogens is 2. The number of sulfonamides is 1. The first-order chi connectivity index (χ1) is 24.1.